The fraction of sp³-hybridized carbons (Fsp3) is 0.357. The molecule has 0 bridgehead atoms. The van der Waals surface area contributed by atoms with Crippen LogP contribution in [-0.2, 0) is 9.53 Å². The van der Waals surface area contributed by atoms with Crippen molar-refractivity contribution in [3.63, 3.8) is 0 Å². The van der Waals surface area contributed by atoms with Crippen molar-refractivity contribution in [3.05, 3.63) is 42.0 Å². The first kappa shape index (κ1) is 11.1. The van der Waals surface area contributed by atoms with Gasteiger partial charge >= 0.3 is 0 Å². The minimum atomic E-state index is -0.208. The molecule has 2 nitrogen and oxygen atoms in total. The molecule has 0 spiro atoms. The van der Waals surface area contributed by atoms with Gasteiger partial charge in [0.1, 0.15) is 12.2 Å². The van der Waals surface area contributed by atoms with E-state index in [2.05, 4.69) is 0 Å². The van der Waals surface area contributed by atoms with E-state index in [-0.39, 0.29) is 23.9 Å². The average Bonchev–Trinajstić information content (AvgIpc) is 3.06. The summed E-state index contributed by atoms with van der Waals surface area (Å²) in [5.74, 6) is 0.253. The molecule has 0 amide bonds. The monoisotopic (exact) mass is 216 g/mol. The van der Waals surface area contributed by atoms with E-state index >= 15 is 0 Å². The summed E-state index contributed by atoms with van der Waals surface area (Å²) in [6.07, 6.45) is 3.73. The quantitative estimate of drug-likeness (QED) is 0.724. The van der Waals surface area contributed by atoms with E-state index in [0.29, 0.717) is 0 Å². The molecule has 1 aromatic rings. The highest BCUT2D eigenvalue weighted by atomic mass is 16.6. The van der Waals surface area contributed by atoms with Crippen LogP contribution in [-0.4, -0.2) is 18.0 Å². The Kier molecular flexibility index (Phi) is 3.20. The lowest BCUT2D eigenvalue weighted by Crippen LogP contribution is -2.15. The van der Waals surface area contributed by atoms with E-state index in [0.717, 1.165) is 5.56 Å². The van der Waals surface area contributed by atoms with Gasteiger partial charge < -0.3 is 4.74 Å². The van der Waals surface area contributed by atoms with Gasteiger partial charge in [0.05, 0.1) is 0 Å². The number of rotatable bonds is 4. The maximum atomic E-state index is 11.6. The first-order valence-electron chi connectivity index (χ1n) is 5.61. The molecule has 16 heavy (non-hydrogen) atoms. The van der Waals surface area contributed by atoms with Gasteiger partial charge in [0.25, 0.3) is 0 Å². The van der Waals surface area contributed by atoms with E-state index < -0.39 is 0 Å². The standard InChI is InChI=1S/C14H16O2/c1-10(2)13(15)14-12(16-14)9-8-11-6-4-3-5-7-11/h3-10,12,14H,1-2H3/b9-8+/t12-,14+/m1/s1. The van der Waals surface area contributed by atoms with Crippen molar-refractivity contribution < 1.29 is 9.53 Å². The summed E-state index contributed by atoms with van der Waals surface area (Å²) in [4.78, 5) is 11.6. The molecule has 0 aromatic heterocycles. The average molecular weight is 216 g/mol. The summed E-state index contributed by atoms with van der Waals surface area (Å²) >= 11 is 0. The lowest BCUT2D eigenvalue weighted by atomic mass is 10.0. The largest absolute Gasteiger partial charge is 0.357 e. The normalized spacial score (nSPS) is 23.9. The van der Waals surface area contributed by atoms with Crippen LogP contribution in [0.1, 0.15) is 19.4 Å². The number of Topliss-reactive ketones (excluding diaryl/α,β-unsaturated/α-hetero) is 1. The second-order valence-electron chi connectivity index (χ2n) is 4.35. The van der Waals surface area contributed by atoms with E-state index in [1.54, 1.807) is 0 Å². The predicted molar refractivity (Wildman–Crippen MR) is 64.0 cm³/mol. The maximum Gasteiger partial charge on any atom is 0.167 e. The van der Waals surface area contributed by atoms with Gasteiger partial charge in [0.2, 0.25) is 0 Å². The highest BCUT2D eigenvalue weighted by Crippen LogP contribution is 2.27. The molecule has 0 N–H and O–H groups in total. The Morgan fingerprint density at radius 1 is 1.31 bits per heavy atom. The van der Waals surface area contributed by atoms with Crippen molar-refractivity contribution in [2.75, 3.05) is 0 Å². The van der Waals surface area contributed by atoms with Gasteiger partial charge in [-0.05, 0) is 5.56 Å². The van der Waals surface area contributed by atoms with Gasteiger partial charge in [-0.15, -0.1) is 0 Å². The van der Waals surface area contributed by atoms with Crippen LogP contribution in [0.25, 0.3) is 6.08 Å². The third-order valence-corrected chi connectivity index (χ3v) is 2.65. The minimum Gasteiger partial charge on any atom is -0.357 e. The van der Waals surface area contributed by atoms with Crippen molar-refractivity contribution in [3.8, 4) is 0 Å². The van der Waals surface area contributed by atoms with Crippen LogP contribution in [0, 0.1) is 5.92 Å². The maximum absolute atomic E-state index is 11.6. The minimum absolute atomic E-state index is 0.0184. The molecule has 1 heterocycles. The fourth-order valence-electron chi connectivity index (χ4n) is 1.60. The Hall–Kier alpha value is -1.41. The topological polar surface area (TPSA) is 29.6 Å². The van der Waals surface area contributed by atoms with Gasteiger partial charge in [-0.1, -0.05) is 56.3 Å². The zero-order valence-corrected chi connectivity index (χ0v) is 9.59. The Labute approximate surface area is 95.9 Å². The molecular formula is C14H16O2. The molecule has 2 atom stereocenters. The van der Waals surface area contributed by atoms with Crippen molar-refractivity contribution in [1.82, 2.24) is 0 Å². The molecule has 84 valence electrons. The van der Waals surface area contributed by atoms with Crippen LogP contribution in [0.2, 0.25) is 0 Å². The van der Waals surface area contributed by atoms with Crippen LogP contribution in [0.5, 0.6) is 0 Å². The molecule has 2 rings (SSSR count). The van der Waals surface area contributed by atoms with Crippen LogP contribution < -0.4 is 0 Å². The molecule has 1 fully saturated rings. The summed E-state index contributed by atoms with van der Waals surface area (Å²) in [6, 6.07) is 10.0. The van der Waals surface area contributed by atoms with Crippen LogP contribution >= 0.6 is 0 Å². The second kappa shape index (κ2) is 4.62. The summed E-state index contributed by atoms with van der Waals surface area (Å²) < 4.78 is 5.33. The zero-order valence-electron chi connectivity index (χ0n) is 9.59. The summed E-state index contributed by atoms with van der Waals surface area (Å²) in [6.45, 7) is 3.81. The van der Waals surface area contributed by atoms with E-state index in [9.17, 15) is 4.79 Å². The Morgan fingerprint density at radius 3 is 2.62 bits per heavy atom. The lowest BCUT2D eigenvalue weighted by Gasteiger charge is -1.97. The number of ketones is 1. The summed E-state index contributed by atoms with van der Waals surface area (Å²) in [5.41, 5.74) is 1.13. The van der Waals surface area contributed by atoms with Crippen LogP contribution in [0.3, 0.4) is 0 Å². The van der Waals surface area contributed by atoms with E-state index in [4.69, 9.17) is 4.74 Å². The lowest BCUT2D eigenvalue weighted by molar-refractivity contribution is -0.123. The number of ether oxygens (including phenoxy) is 1. The molecular weight excluding hydrogens is 200 g/mol. The third-order valence-electron chi connectivity index (χ3n) is 2.65. The Balaban J connectivity index is 1.90. The smallest absolute Gasteiger partial charge is 0.167 e. The van der Waals surface area contributed by atoms with Crippen LogP contribution in [0.4, 0.5) is 0 Å². The molecule has 0 aliphatic carbocycles. The van der Waals surface area contributed by atoms with Crippen molar-refractivity contribution >= 4 is 11.9 Å². The summed E-state index contributed by atoms with van der Waals surface area (Å²) in [5, 5.41) is 0. The number of carbonyl (C=O) groups excluding carboxylic acids is 1. The predicted octanol–water partition coefficient (Wildman–Crippen LogP) is 2.69. The Morgan fingerprint density at radius 2 is 2.00 bits per heavy atom. The zero-order chi connectivity index (χ0) is 11.5. The number of carbonyl (C=O) groups is 1. The van der Waals surface area contributed by atoms with Crippen LogP contribution in [0.15, 0.2) is 36.4 Å². The Bertz CT molecular complexity index is 392. The number of benzene rings is 1. The molecule has 1 aliphatic rings. The molecule has 1 aliphatic heterocycles. The van der Waals surface area contributed by atoms with Crippen molar-refractivity contribution in [2.45, 2.75) is 26.1 Å². The number of epoxide rings is 1. The SMILES string of the molecule is CC(C)C(=O)[C@H]1O[C@@H]1/C=C/c1ccccc1. The highest BCUT2D eigenvalue weighted by molar-refractivity contribution is 5.88. The number of hydrogen-bond donors (Lipinski definition) is 0. The molecule has 0 unspecified atom stereocenters. The third kappa shape index (κ3) is 2.58. The van der Waals surface area contributed by atoms with E-state index in [1.807, 2.05) is 56.3 Å². The summed E-state index contributed by atoms with van der Waals surface area (Å²) in [7, 11) is 0. The van der Waals surface area contributed by atoms with Gasteiger partial charge in [-0.2, -0.15) is 0 Å². The molecule has 0 saturated carbocycles. The van der Waals surface area contributed by atoms with Gasteiger partial charge in [0, 0.05) is 5.92 Å². The number of hydrogen-bond acceptors (Lipinski definition) is 2. The molecule has 0 radical (unpaired) electrons. The highest BCUT2D eigenvalue weighted by Gasteiger charge is 2.43. The molecule has 1 aromatic carbocycles. The molecule has 1 saturated heterocycles. The first-order valence-corrected chi connectivity index (χ1v) is 5.61. The van der Waals surface area contributed by atoms with Gasteiger partial charge in [-0.25, -0.2) is 0 Å². The molecule has 2 heteroatoms. The second-order valence-corrected chi connectivity index (χ2v) is 4.35. The van der Waals surface area contributed by atoms with E-state index in [1.165, 1.54) is 0 Å². The van der Waals surface area contributed by atoms with Gasteiger partial charge in [-0.3, -0.25) is 4.79 Å². The van der Waals surface area contributed by atoms with Gasteiger partial charge in [0.15, 0.2) is 5.78 Å². The van der Waals surface area contributed by atoms with Crippen molar-refractivity contribution in [1.29, 1.82) is 0 Å². The van der Waals surface area contributed by atoms with Crippen molar-refractivity contribution in [2.24, 2.45) is 5.92 Å². The first-order chi connectivity index (χ1) is 7.68. The fourth-order valence-corrected chi connectivity index (χ4v) is 1.60.